The van der Waals surface area contributed by atoms with Crippen LogP contribution in [0, 0.1) is 6.92 Å². The lowest BCUT2D eigenvalue weighted by molar-refractivity contribution is 1.01. The zero-order valence-electron chi connectivity index (χ0n) is 6.79. The molecule has 0 aliphatic carbocycles. The standard InChI is InChI=1S/C5H6N2O2/c1-3-2-6-5(9)7-4(3)8/h2H,1H3,(H2,6,7,8,9)/i1+1/hD2. The summed E-state index contributed by atoms with van der Waals surface area (Å²) in [4.78, 5) is 22.1. The second-order valence-electron chi connectivity index (χ2n) is 1.64. The summed E-state index contributed by atoms with van der Waals surface area (Å²) in [5.74, 6) is 0. The molecule has 0 aromatic carbocycles. The van der Waals surface area contributed by atoms with Crippen molar-refractivity contribution in [3.8, 4) is 0 Å². The minimum Gasteiger partial charge on any atom is -0.314 e. The van der Waals surface area contributed by atoms with E-state index in [1.54, 1.807) is 0 Å². The Morgan fingerprint density at radius 1 is 1.67 bits per heavy atom. The van der Waals surface area contributed by atoms with Crippen molar-refractivity contribution >= 4 is 0 Å². The van der Waals surface area contributed by atoms with Gasteiger partial charge in [-0.3, -0.25) is 9.77 Å². The van der Waals surface area contributed by atoms with E-state index in [0.717, 1.165) is 6.20 Å². The molecule has 2 N–H and O–H groups in total. The summed E-state index contributed by atoms with van der Waals surface area (Å²) in [5.41, 5.74) is -1.44. The van der Waals surface area contributed by atoms with Crippen molar-refractivity contribution in [1.29, 1.82) is 0 Å². The number of aromatic amines is 2. The van der Waals surface area contributed by atoms with E-state index < -0.39 is 11.2 Å². The lowest BCUT2D eigenvalue weighted by Gasteiger charge is -1.84. The fraction of sp³-hybridized carbons (Fsp3) is 0.200. The molecular formula is C5H6N2O2. The molecule has 0 saturated carbocycles. The highest BCUT2D eigenvalue weighted by Gasteiger charge is 1.88. The zero-order valence-corrected chi connectivity index (χ0v) is 4.79. The first-order valence-corrected chi connectivity index (χ1v) is 2.38. The van der Waals surface area contributed by atoms with Crippen LogP contribution in [-0.2, 0) is 0 Å². The number of hydrogen-bond donors (Lipinski definition) is 2. The first kappa shape index (κ1) is 3.66. The van der Waals surface area contributed by atoms with Crippen LogP contribution in [0.1, 0.15) is 5.56 Å². The van der Waals surface area contributed by atoms with Crippen molar-refractivity contribution in [1.82, 2.24) is 9.95 Å². The van der Waals surface area contributed by atoms with Crippen LogP contribution < -0.4 is 11.2 Å². The highest BCUT2D eigenvalue weighted by molar-refractivity contribution is 4.98. The maximum atomic E-state index is 10.8. The molecule has 0 unspecified atom stereocenters. The molecule has 1 rings (SSSR count). The third-order valence-corrected chi connectivity index (χ3v) is 0.903. The molecule has 9 heavy (non-hydrogen) atoms. The molecule has 0 aliphatic rings. The first-order chi connectivity index (χ1) is 5.04. The molecule has 4 heteroatoms. The zero-order chi connectivity index (χ0) is 8.59. The van der Waals surface area contributed by atoms with Gasteiger partial charge in [-0.1, -0.05) is 0 Å². The van der Waals surface area contributed by atoms with Gasteiger partial charge in [0.15, 0.2) is 2.82 Å². The Balaban J connectivity index is 3.74. The Morgan fingerprint density at radius 2 is 2.33 bits per heavy atom. The smallest absolute Gasteiger partial charge is 0.314 e. The number of rotatable bonds is 0. The molecule has 1 aromatic heterocycles. The Labute approximate surface area is 53.5 Å². The highest BCUT2D eigenvalue weighted by Crippen LogP contribution is 1.73. The summed E-state index contributed by atoms with van der Waals surface area (Å²) in [6.07, 6.45) is 1.08. The number of aromatic nitrogens is 2. The van der Waals surface area contributed by atoms with Crippen molar-refractivity contribution in [2.45, 2.75) is 6.92 Å². The average Bonchev–Trinajstić information content (AvgIpc) is 1.97. The van der Waals surface area contributed by atoms with Gasteiger partial charge in [0, 0.05) is 11.8 Å². The van der Waals surface area contributed by atoms with E-state index in [9.17, 15) is 9.59 Å². The van der Waals surface area contributed by atoms with E-state index in [2.05, 4.69) is 0 Å². The van der Waals surface area contributed by atoms with E-state index in [1.807, 2.05) is 0 Å². The summed E-state index contributed by atoms with van der Waals surface area (Å²) >= 11 is 0. The van der Waals surface area contributed by atoms with Crippen molar-refractivity contribution < 1.29 is 2.82 Å². The van der Waals surface area contributed by atoms with Gasteiger partial charge >= 0.3 is 5.69 Å². The minimum atomic E-state index is -0.958. The highest BCUT2D eigenvalue weighted by atomic mass is 16.2. The van der Waals surface area contributed by atoms with Gasteiger partial charge in [-0.15, -0.1) is 0 Å². The quantitative estimate of drug-likeness (QED) is 0.458. The van der Waals surface area contributed by atoms with Crippen LogP contribution in [0.3, 0.4) is 0 Å². The molecule has 0 amide bonds. The van der Waals surface area contributed by atoms with Crippen LogP contribution in [0.2, 0.25) is 2.82 Å². The molecule has 0 aliphatic heterocycles. The van der Waals surface area contributed by atoms with Crippen LogP contribution in [0.4, 0.5) is 0 Å². The summed E-state index contributed by atoms with van der Waals surface area (Å²) in [7, 11) is 0. The molecule has 0 bridgehead atoms. The Bertz CT molecular complexity index is 358. The lowest BCUT2D eigenvalue weighted by Crippen LogP contribution is -2.22. The molecule has 1 heterocycles. The van der Waals surface area contributed by atoms with Crippen molar-refractivity contribution in [3.63, 3.8) is 0 Å². The fourth-order valence-electron chi connectivity index (χ4n) is 0.411. The Kier molecular flexibility index (Phi) is 0.768. The number of aryl methyl sites for hydroxylation is 1. The second kappa shape index (κ2) is 1.89. The lowest BCUT2D eigenvalue weighted by atomic mass is 10.5. The molecule has 0 spiro atoms. The minimum absolute atomic E-state index is 0.155. The molecule has 0 saturated heterocycles. The number of hydrogen-bond acceptors (Lipinski definition) is 2. The van der Waals surface area contributed by atoms with Crippen molar-refractivity contribution in [2.75, 3.05) is 0 Å². The van der Waals surface area contributed by atoms with Gasteiger partial charge in [0.2, 0.25) is 0 Å². The van der Waals surface area contributed by atoms with Crippen molar-refractivity contribution in [3.05, 3.63) is 32.6 Å². The third-order valence-electron chi connectivity index (χ3n) is 0.903. The summed E-state index contributed by atoms with van der Waals surface area (Å²) < 4.78 is 13.8. The molecular weight excluding hydrogens is 121 g/mol. The molecule has 0 atom stereocenters. The van der Waals surface area contributed by atoms with Gasteiger partial charge in [-0.2, -0.15) is 0 Å². The molecule has 4 nitrogen and oxygen atoms in total. The molecule has 0 fully saturated rings. The average molecular weight is 129 g/mol. The second-order valence-corrected chi connectivity index (χ2v) is 1.64. The van der Waals surface area contributed by atoms with Crippen LogP contribution in [-0.4, -0.2) is 9.95 Å². The molecule has 1 aromatic rings. The van der Waals surface area contributed by atoms with E-state index >= 15 is 0 Å². The van der Waals surface area contributed by atoms with Gasteiger partial charge in [0.25, 0.3) is 5.56 Å². The predicted molar refractivity (Wildman–Crippen MR) is 32.4 cm³/mol. The molecule has 48 valence electrons. The maximum Gasteiger partial charge on any atom is 0.325 e. The fourth-order valence-corrected chi connectivity index (χ4v) is 0.411. The summed E-state index contributed by atoms with van der Waals surface area (Å²) in [6.45, 7) is 1.44. The number of H-pyrrole nitrogens is 2. The van der Waals surface area contributed by atoms with Gasteiger partial charge in [-0.05, 0) is 6.92 Å². The third kappa shape index (κ3) is 1.07. The van der Waals surface area contributed by atoms with Crippen LogP contribution in [0.15, 0.2) is 15.8 Å². The van der Waals surface area contributed by atoms with Gasteiger partial charge in [0.05, 0.1) is 0 Å². The topological polar surface area (TPSA) is 65.7 Å². The Hall–Kier alpha value is -1.32. The van der Waals surface area contributed by atoms with Gasteiger partial charge in [0.1, 0.15) is 0 Å². The summed E-state index contributed by atoms with van der Waals surface area (Å²) in [6, 6.07) is 0. The van der Waals surface area contributed by atoms with E-state index in [-0.39, 0.29) is 10.5 Å². The monoisotopic (exact) mass is 129 g/mol. The van der Waals surface area contributed by atoms with Crippen LogP contribution in [0.25, 0.3) is 0 Å². The normalized spacial score (nSPS) is 12.6. The van der Waals surface area contributed by atoms with Crippen LogP contribution in [0.5, 0.6) is 0 Å². The van der Waals surface area contributed by atoms with Crippen molar-refractivity contribution in [2.24, 2.45) is 0 Å². The SMILES string of the molecule is [2H]n1cc([13CH3])c(=O)n([2H])c1=O. The summed E-state index contributed by atoms with van der Waals surface area (Å²) in [5, 5.41) is 0. The van der Waals surface area contributed by atoms with E-state index in [1.165, 1.54) is 6.92 Å². The largest absolute Gasteiger partial charge is 0.325 e. The van der Waals surface area contributed by atoms with E-state index in [0.29, 0.717) is 4.98 Å². The van der Waals surface area contributed by atoms with Gasteiger partial charge in [-0.25, -0.2) is 4.79 Å². The van der Waals surface area contributed by atoms with E-state index in [4.69, 9.17) is 2.82 Å². The molecule has 0 radical (unpaired) electrons. The maximum absolute atomic E-state index is 10.8. The first-order valence-electron chi connectivity index (χ1n) is 3.27. The Morgan fingerprint density at radius 3 is 3.00 bits per heavy atom. The number of nitrogens with one attached hydrogen (secondary N) is 2. The predicted octanol–water partition coefficient (Wildman–Crippen LogP) is -0.628. The van der Waals surface area contributed by atoms with Gasteiger partial charge < -0.3 is 4.98 Å². The van der Waals surface area contributed by atoms with Crippen LogP contribution >= 0.6 is 0 Å².